The fourth-order valence-corrected chi connectivity index (χ4v) is 5.45. The van der Waals surface area contributed by atoms with Crippen LogP contribution in [0, 0.1) is 6.92 Å². The van der Waals surface area contributed by atoms with E-state index in [-0.39, 0.29) is 16.9 Å². The third-order valence-corrected chi connectivity index (χ3v) is 7.30. The molecule has 30 heavy (non-hydrogen) atoms. The summed E-state index contributed by atoms with van der Waals surface area (Å²) in [4.78, 5) is 28.8. The lowest BCUT2D eigenvalue weighted by atomic mass is 9.85. The molecule has 0 bridgehead atoms. The Balaban J connectivity index is 1.45. The number of likely N-dealkylation sites (tertiary alicyclic amines) is 1. The average molecular weight is 423 g/mol. The van der Waals surface area contributed by atoms with Gasteiger partial charge in [0.25, 0.3) is 11.5 Å². The second-order valence-corrected chi connectivity index (χ2v) is 8.91. The molecule has 0 saturated carbocycles. The maximum absolute atomic E-state index is 13.2. The first kappa shape index (κ1) is 19.0. The van der Waals surface area contributed by atoms with Gasteiger partial charge in [-0.25, -0.2) is 0 Å². The van der Waals surface area contributed by atoms with E-state index in [4.69, 9.17) is 4.74 Å². The molecule has 1 aromatic carbocycles. The molecule has 2 aliphatic rings. The summed E-state index contributed by atoms with van der Waals surface area (Å²) >= 11 is 1.48. The number of carbonyl (C=O) groups excluding carboxylic acids is 1. The molecule has 7 nitrogen and oxygen atoms in total. The van der Waals surface area contributed by atoms with Gasteiger partial charge >= 0.3 is 0 Å². The van der Waals surface area contributed by atoms with E-state index in [2.05, 4.69) is 10.2 Å². The number of aromatic nitrogens is 3. The minimum absolute atomic E-state index is 0.0722. The predicted molar refractivity (Wildman–Crippen MR) is 114 cm³/mol. The number of benzene rings is 1. The number of rotatable bonds is 3. The topological polar surface area (TPSA) is 77.3 Å². The zero-order valence-electron chi connectivity index (χ0n) is 16.9. The normalized spacial score (nSPS) is 20.0. The molecule has 0 radical (unpaired) electrons. The number of methoxy groups -OCH3 is 1. The van der Waals surface area contributed by atoms with E-state index in [1.54, 1.807) is 11.7 Å². The van der Waals surface area contributed by atoms with Gasteiger partial charge < -0.3 is 9.64 Å². The van der Waals surface area contributed by atoms with Crippen LogP contribution in [0.1, 0.15) is 33.9 Å². The van der Waals surface area contributed by atoms with Gasteiger partial charge in [-0.15, -0.1) is 21.5 Å². The average Bonchev–Trinajstić information content (AvgIpc) is 3.48. The number of ether oxygens (including phenoxy) is 1. The number of amides is 1. The number of hydrogen-bond donors (Lipinski definition) is 0. The highest BCUT2D eigenvalue weighted by Gasteiger charge is 2.48. The van der Waals surface area contributed by atoms with E-state index in [0.29, 0.717) is 31.2 Å². The molecule has 0 N–H and O–H groups in total. The first-order chi connectivity index (χ1) is 14.5. The van der Waals surface area contributed by atoms with Crippen molar-refractivity contribution in [3.63, 3.8) is 0 Å². The highest BCUT2D eigenvalue weighted by atomic mass is 32.1. The van der Waals surface area contributed by atoms with Gasteiger partial charge in [0.2, 0.25) is 0 Å². The van der Waals surface area contributed by atoms with Crippen LogP contribution >= 0.6 is 11.3 Å². The molecule has 154 valence electrons. The molecule has 0 aliphatic carbocycles. The third kappa shape index (κ3) is 2.86. The molecule has 4 heterocycles. The number of aryl methyl sites for hydroxylation is 1. The first-order valence-electron chi connectivity index (χ1n) is 9.98. The van der Waals surface area contributed by atoms with Crippen molar-refractivity contribution in [2.45, 2.75) is 31.7 Å². The van der Waals surface area contributed by atoms with Gasteiger partial charge in [-0.2, -0.15) is 0 Å². The summed E-state index contributed by atoms with van der Waals surface area (Å²) in [6.45, 7) is 3.82. The Hall–Kier alpha value is -3.00. The second-order valence-electron chi connectivity index (χ2n) is 8.00. The molecular formula is C22H22N4O3S. The molecule has 1 atom stereocenters. The number of fused-ring (bicyclic) bond motifs is 2. The van der Waals surface area contributed by atoms with Crippen LogP contribution in [-0.2, 0) is 12.0 Å². The molecule has 1 fully saturated rings. The first-order valence-corrected chi connectivity index (χ1v) is 10.9. The summed E-state index contributed by atoms with van der Waals surface area (Å²) in [5, 5.41) is 10.7. The fraction of sp³-hybridized carbons (Fsp3) is 0.364. The lowest BCUT2D eigenvalue weighted by Gasteiger charge is -2.23. The Morgan fingerprint density at radius 1 is 1.13 bits per heavy atom. The van der Waals surface area contributed by atoms with Crippen LogP contribution in [0.4, 0.5) is 0 Å². The second kappa shape index (κ2) is 7.05. The Morgan fingerprint density at radius 2 is 1.90 bits per heavy atom. The molecule has 1 amide bonds. The smallest absolute Gasteiger partial charge is 0.280 e. The van der Waals surface area contributed by atoms with Crippen LogP contribution in [0.5, 0.6) is 5.75 Å². The predicted octanol–water partition coefficient (Wildman–Crippen LogP) is 2.87. The van der Waals surface area contributed by atoms with E-state index in [9.17, 15) is 9.59 Å². The molecule has 8 heteroatoms. The number of nitrogens with zero attached hydrogens (tertiary/aromatic N) is 4. The van der Waals surface area contributed by atoms with E-state index in [0.717, 1.165) is 34.6 Å². The molecule has 3 aromatic rings. The summed E-state index contributed by atoms with van der Waals surface area (Å²) in [6, 6.07) is 9.23. The van der Waals surface area contributed by atoms with E-state index in [1.165, 1.54) is 11.3 Å². The maximum atomic E-state index is 13.2. The van der Waals surface area contributed by atoms with Crippen molar-refractivity contribution in [2.24, 2.45) is 0 Å². The van der Waals surface area contributed by atoms with Crippen LogP contribution in [0.25, 0.3) is 11.3 Å². The number of thiophene rings is 1. The molecular weight excluding hydrogens is 400 g/mol. The minimum atomic E-state index is -0.286. The van der Waals surface area contributed by atoms with Crippen LogP contribution in [0.3, 0.4) is 0 Å². The van der Waals surface area contributed by atoms with E-state index < -0.39 is 0 Å². The zero-order chi connectivity index (χ0) is 20.9. The molecule has 1 spiro atoms. The van der Waals surface area contributed by atoms with Gasteiger partial charge in [-0.3, -0.25) is 14.2 Å². The Kier molecular flexibility index (Phi) is 4.47. The minimum Gasteiger partial charge on any atom is -0.497 e. The maximum Gasteiger partial charge on any atom is 0.280 e. The summed E-state index contributed by atoms with van der Waals surface area (Å²) < 4.78 is 6.93. The molecule has 2 aliphatic heterocycles. The summed E-state index contributed by atoms with van der Waals surface area (Å²) in [6.07, 6.45) is 1.61. The van der Waals surface area contributed by atoms with Gasteiger partial charge in [0.05, 0.1) is 17.4 Å². The van der Waals surface area contributed by atoms with E-state index in [1.807, 2.05) is 47.5 Å². The zero-order valence-corrected chi connectivity index (χ0v) is 17.7. The van der Waals surface area contributed by atoms with Crippen molar-refractivity contribution in [1.82, 2.24) is 19.7 Å². The number of hydrogen-bond acceptors (Lipinski definition) is 6. The summed E-state index contributed by atoms with van der Waals surface area (Å²) in [5.74, 6) is 1.51. The van der Waals surface area contributed by atoms with Gasteiger partial charge in [0, 0.05) is 25.2 Å². The van der Waals surface area contributed by atoms with Gasteiger partial charge in [-0.05, 0) is 61.0 Å². The van der Waals surface area contributed by atoms with Crippen LogP contribution in [0.15, 0.2) is 40.5 Å². The monoisotopic (exact) mass is 422 g/mol. The van der Waals surface area contributed by atoms with Gasteiger partial charge in [-0.1, -0.05) is 0 Å². The standard InChI is InChI=1S/C22H22N4O3S/c1-14-7-12-30-18(14)20(28)25-10-8-22(13-25)9-11-26-19(27)17(23-24-21(22)26)15-3-5-16(29-2)6-4-15/h3-7,12H,8-11,13H2,1-2H3. The highest BCUT2D eigenvalue weighted by molar-refractivity contribution is 7.12. The van der Waals surface area contributed by atoms with Crippen LogP contribution in [-0.4, -0.2) is 45.8 Å². The summed E-state index contributed by atoms with van der Waals surface area (Å²) in [7, 11) is 1.61. The Bertz CT molecular complexity index is 1180. The molecule has 1 saturated heterocycles. The van der Waals surface area contributed by atoms with Crippen LogP contribution in [0.2, 0.25) is 0 Å². The fourth-order valence-electron chi connectivity index (χ4n) is 4.55. The molecule has 1 unspecified atom stereocenters. The van der Waals surface area contributed by atoms with Crippen molar-refractivity contribution in [3.8, 4) is 17.0 Å². The van der Waals surface area contributed by atoms with Crippen LogP contribution < -0.4 is 10.3 Å². The number of carbonyl (C=O) groups is 1. The lowest BCUT2D eigenvalue weighted by molar-refractivity contribution is 0.0787. The van der Waals surface area contributed by atoms with Crippen molar-refractivity contribution in [3.05, 3.63) is 62.3 Å². The van der Waals surface area contributed by atoms with Crippen molar-refractivity contribution >= 4 is 17.2 Å². The summed E-state index contributed by atoms with van der Waals surface area (Å²) in [5.41, 5.74) is 1.67. The van der Waals surface area contributed by atoms with Gasteiger partial charge in [0.15, 0.2) is 5.69 Å². The SMILES string of the molecule is COc1ccc(-c2nnc3n(c2=O)CCC32CCN(C(=O)c3sccc3C)C2)cc1. The third-order valence-electron chi connectivity index (χ3n) is 6.30. The Labute approximate surface area is 177 Å². The Morgan fingerprint density at radius 3 is 2.60 bits per heavy atom. The van der Waals surface area contributed by atoms with Gasteiger partial charge in [0.1, 0.15) is 11.6 Å². The lowest BCUT2D eigenvalue weighted by Crippen LogP contribution is -2.35. The van der Waals surface area contributed by atoms with Crippen molar-refractivity contribution < 1.29 is 9.53 Å². The largest absolute Gasteiger partial charge is 0.497 e. The highest BCUT2D eigenvalue weighted by Crippen LogP contribution is 2.41. The molecule has 2 aromatic heterocycles. The quantitative estimate of drug-likeness (QED) is 0.649. The molecule has 5 rings (SSSR count). The van der Waals surface area contributed by atoms with E-state index >= 15 is 0 Å². The van der Waals surface area contributed by atoms with Crippen molar-refractivity contribution in [1.29, 1.82) is 0 Å². The van der Waals surface area contributed by atoms with Crippen molar-refractivity contribution in [2.75, 3.05) is 20.2 Å².